The summed E-state index contributed by atoms with van der Waals surface area (Å²) in [5.41, 5.74) is 0.845. The molecule has 0 saturated carbocycles. The van der Waals surface area contributed by atoms with Crippen molar-refractivity contribution in [3.8, 4) is 5.69 Å². The van der Waals surface area contributed by atoms with Gasteiger partial charge in [0.1, 0.15) is 6.20 Å². The summed E-state index contributed by atoms with van der Waals surface area (Å²) in [5.74, 6) is 0. The number of nitrogens with one attached hydrogen (secondary N) is 1. The highest BCUT2D eigenvalue weighted by Gasteiger charge is 2.33. The molecule has 2 aromatic carbocycles. The van der Waals surface area contributed by atoms with Gasteiger partial charge < -0.3 is 0 Å². The molecule has 0 radical (unpaired) electrons. The van der Waals surface area contributed by atoms with Crippen LogP contribution in [0.25, 0.3) is 5.69 Å². The predicted octanol–water partition coefficient (Wildman–Crippen LogP) is 4.90. The first-order chi connectivity index (χ1) is 13.3. The Bertz CT molecular complexity index is 1090. The third-order valence-corrected chi connectivity index (χ3v) is 5.69. The number of halogens is 3. The van der Waals surface area contributed by atoms with Crippen LogP contribution in [0.4, 0.5) is 0 Å². The number of nitrogens with zero attached hydrogens (tertiary/aromatic N) is 2. The number of rotatable bonds is 6. The zero-order valence-corrected chi connectivity index (χ0v) is 17.4. The summed E-state index contributed by atoms with van der Waals surface area (Å²) < 4.78 is 1.07. The van der Waals surface area contributed by atoms with Gasteiger partial charge in [0.05, 0.1) is 10.6 Å². The van der Waals surface area contributed by atoms with Gasteiger partial charge in [-0.15, -0.1) is 11.6 Å². The van der Waals surface area contributed by atoms with E-state index in [1.807, 2.05) is 12.1 Å². The van der Waals surface area contributed by atoms with Gasteiger partial charge in [0.2, 0.25) is 0 Å². The fourth-order valence-electron chi connectivity index (χ4n) is 3.06. The zero-order chi connectivity index (χ0) is 20.3. The maximum absolute atomic E-state index is 12.0. The van der Waals surface area contributed by atoms with Gasteiger partial charge in [-0.3, -0.25) is 9.78 Å². The number of aromatic nitrogens is 3. The van der Waals surface area contributed by atoms with Gasteiger partial charge in [-0.25, -0.2) is 4.79 Å². The minimum atomic E-state index is -0.834. The predicted molar refractivity (Wildman–Crippen MR) is 113 cm³/mol. The molecule has 3 rings (SSSR count). The fraction of sp³-hybridized carbons (Fsp3) is 0.250. The number of hydrogen-bond acceptors (Lipinski definition) is 3. The lowest BCUT2D eigenvalue weighted by molar-refractivity contribution is 0.598. The molecule has 3 aromatic rings. The first-order valence-corrected chi connectivity index (χ1v) is 9.92. The van der Waals surface area contributed by atoms with Crippen molar-refractivity contribution in [1.29, 1.82) is 0 Å². The molecule has 0 bridgehead atoms. The Hall–Kier alpha value is -2.08. The standard InChI is InChI=1S/C20H18Cl3N3O2/c1-2-3-10-20(23,13-4-6-14(21)7-5-13)16-9-8-15(11-17(16)22)26-19(28)25-18(27)12-24-26/h4-9,11-12H,2-3,10H2,1H3,(H,25,27,28). The van der Waals surface area contributed by atoms with Crippen molar-refractivity contribution < 1.29 is 0 Å². The average molecular weight is 439 g/mol. The lowest BCUT2D eigenvalue weighted by Gasteiger charge is -2.29. The summed E-state index contributed by atoms with van der Waals surface area (Å²) in [4.78, 5) is 24.5. The minimum absolute atomic E-state index is 0.401. The van der Waals surface area contributed by atoms with E-state index in [4.69, 9.17) is 34.8 Å². The third-order valence-electron chi connectivity index (χ3n) is 4.51. The van der Waals surface area contributed by atoms with Crippen molar-refractivity contribution >= 4 is 34.8 Å². The van der Waals surface area contributed by atoms with Gasteiger partial charge in [0.25, 0.3) is 5.56 Å². The molecule has 5 nitrogen and oxygen atoms in total. The topological polar surface area (TPSA) is 67.8 Å². The van der Waals surface area contributed by atoms with Crippen LogP contribution < -0.4 is 11.2 Å². The van der Waals surface area contributed by atoms with Crippen LogP contribution >= 0.6 is 34.8 Å². The third kappa shape index (κ3) is 4.17. The molecule has 1 aromatic heterocycles. The monoisotopic (exact) mass is 437 g/mol. The van der Waals surface area contributed by atoms with E-state index in [0.717, 1.165) is 34.8 Å². The van der Waals surface area contributed by atoms with E-state index in [1.54, 1.807) is 30.3 Å². The Morgan fingerprint density at radius 3 is 2.43 bits per heavy atom. The number of unbranched alkanes of at least 4 members (excludes halogenated alkanes) is 1. The van der Waals surface area contributed by atoms with Crippen LogP contribution in [0, 0.1) is 0 Å². The second-order valence-electron chi connectivity index (χ2n) is 6.43. The Morgan fingerprint density at radius 2 is 1.82 bits per heavy atom. The molecular weight excluding hydrogens is 421 g/mol. The van der Waals surface area contributed by atoms with Crippen LogP contribution in [0.5, 0.6) is 0 Å². The SMILES string of the molecule is CCCCC(Cl)(c1ccc(Cl)cc1)c1ccc(-n2ncc(=O)[nH]c2=O)cc1Cl. The number of hydrogen-bond donors (Lipinski definition) is 1. The highest BCUT2D eigenvalue weighted by atomic mass is 35.5. The lowest BCUT2D eigenvalue weighted by atomic mass is 9.86. The summed E-state index contributed by atoms with van der Waals surface area (Å²) >= 11 is 19.7. The normalized spacial score (nSPS) is 13.3. The molecule has 0 fully saturated rings. The maximum Gasteiger partial charge on any atom is 0.349 e. The van der Waals surface area contributed by atoms with E-state index in [1.165, 1.54) is 0 Å². The molecule has 0 spiro atoms. The van der Waals surface area contributed by atoms with Crippen LogP contribution in [0.15, 0.2) is 58.3 Å². The molecule has 146 valence electrons. The first kappa shape index (κ1) is 20.6. The van der Waals surface area contributed by atoms with Gasteiger partial charge in [0.15, 0.2) is 0 Å². The van der Waals surface area contributed by atoms with E-state index in [-0.39, 0.29) is 0 Å². The number of H-pyrrole nitrogens is 1. The molecule has 1 unspecified atom stereocenters. The molecule has 0 aliphatic heterocycles. The summed E-state index contributed by atoms with van der Waals surface area (Å²) in [6.45, 7) is 2.10. The molecule has 0 aliphatic rings. The summed E-state index contributed by atoms with van der Waals surface area (Å²) in [6, 6.07) is 12.5. The van der Waals surface area contributed by atoms with Gasteiger partial charge in [-0.1, -0.05) is 61.2 Å². The zero-order valence-electron chi connectivity index (χ0n) is 15.1. The average Bonchev–Trinajstić information content (AvgIpc) is 2.66. The first-order valence-electron chi connectivity index (χ1n) is 8.79. The van der Waals surface area contributed by atoms with Crippen LogP contribution in [0.3, 0.4) is 0 Å². The molecule has 28 heavy (non-hydrogen) atoms. The van der Waals surface area contributed by atoms with Crippen molar-refractivity contribution in [1.82, 2.24) is 14.8 Å². The van der Waals surface area contributed by atoms with Crippen molar-refractivity contribution in [2.45, 2.75) is 31.1 Å². The van der Waals surface area contributed by atoms with Gasteiger partial charge in [0, 0.05) is 10.0 Å². The molecule has 0 aliphatic carbocycles. The van der Waals surface area contributed by atoms with Crippen LogP contribution in [0.2, 0.25) is 10.0 Å². The summed E-state index contributed by atoms with van der Waals surface area (Å²) in [5, 5.41) is 4.88. The van der Waals surface area contributed by atoms with E-state index in [9.17, 15) is 9.59 Å². The van der Waals surface area contributed by atoms with E-state index < -0.39 is 16.1 Å². The summed E-state index contributed by atoms with van der Waals surface area (Å²) in [7, 11) is 0. The largest absolute Gasteiger partial charge is 0.349 e. The van der Waals surface area contributed by atoms with E-state index in [2.05, 4.69) is 17.0 Å². The number of benzene rings is 2. The quantitative estimate of drug-likeness (QED) is 0.557. The Labute approximate surface area is 176 Å². The van der Waals surface area contributed by atoms with Crippen LogP contribution in [-0.2, 0) is 4.87 Å². The van der Waals surface area contributed by atoms with E-state index >= 15 is 0 Å². The molecular formula is C20H18Cl3N3O2. The van der Waals surface area contributed by atoms with Crippen LogP contribution in [-0.4, -0.2) is 14.8 Å². The summed E-state index contributed by atoms with van der Waals surface area (Å²) in [6.07, 6.45) is 3.60. The molecule has 1 heterocycles. The van der Waals surface area contributed by atoms with Crippen molar-refractivity contribution in [2.24, 2.45) is 0 Å². The molecule has 8 heteroatoms. The highest BCUT2D eigenvalue weighted by molar-refractivity contribution is 6.34. The lowest BCUT2D eigenvalue weighted by Crippen LogP contribution is -2.30. The molecule has 1 N–H and O–H groups in total. The van der Waals surface area contributed by atoms with Gasteiger partial charge in [-0.05, 0) is 41.8 Å². The number of aromatic amines is 1. The molecule has 1 atom stereocenters. The maximum atomic E-state index is 12.0. The van der Waals surface area contributed by atoms with Crippen molar-refractivity contribution in [2.75, 3.05) is 0 Å². The highest BCUT2D eigenvalue weighted by Crippen LogP contribution is 2.44. The smallest absolute Gasteiger partial charge is 0.271 e. The van der Waals surface area contributed by atoms with Crippen molar-refractivity contribution in [3.63, 3.8) is 0 Å². The van der Waals surface area contributed by atoms with E-state index in [0.29, 0.717) is 22.2 Å². The minimum Gasteiger partial charge on any atom is -0.271 e. The number of alkyl halides is 1. The molecule has 0 amide bonds. The van der Waals surface area contributed by atoms with Crippen molar-refractivity contribution in [3.05, 3.63) is 90.7 Å². The second kappa shape index (κ2) is 8.52. The Balaban J connectivity index is 2.09. The molecule has 0 saturated heterocycles. The van der Waals surface area contributed by atoms with Gasteiger partial charge in [-0.2, -0.15) is 9.78 Å². The van der Waals surface area contributed by atoms with Gasteiger partial charge >= 0.3 is 5.69 Å². The fourth-order valence-corrected chi connectivity index (χ4v) is 4.00. The Morgan fingerprint density at radius 1 is 1.11 bits per heavy atom. The van der Waals surface area contributed by atoms with Crippen LogP contribution in [0.1, 0.15) is 37.3 Å². The second-order valence-corrected chi connectivity index (χ2v) is 7.92. The Kier molecular flexibility index (Phi) is 6.28.